The van der Waals surface area contributed by atoms with Gasteiger partial charge in [-0.3, -0.25) is 9.10 Å². The highest BCUT2D eigenvalue weighted by atomic mass is 35.5. The van der Waals surface area contributed by atoms with Crippen molar-refractivity contribution in [2.75, 3.05) is 24.5 Å². The molecule has 0 saturated heterocycles. The molecular weight excluding hydrogens is 472 g/mol. The van der Waals surface area contributed by atoms with Crippen LogP contribution in [0.15, 0.2) is 71.6 Å². The van der Waals surface area contributed by atoms with E-state index < -0.39 is 10.0 Å². The number of ether oxygens (including phenoxy) is 1. The predicted molar refractivity (Wildman–Crippen MR) is 136 cm³/mol. The van der Waals surface area contributed by atoms with E-state index in [0.717, 1.165) is 39.6 Å². The summed E-state index contributed by atoms with van der Waals surface area (Å²) < 4.78 is 33.1. The number of methoxy groups -OCH3 is 1. The number of benzene rings is 3. The van der Waals surface area contributed by atoms with Crippen LogP contribution < -0.4 is 14.4 Å². The molecule has 0 aliphatic carbocycles. The third-order valence-electron chi connectivity index (χ3n) is 5.46. The lowest BCUT2D eigenvalue weighted by Crippen LogP contribution is -2.41. The van der Waals surface area contributed by atoms with Crippen LogP contribution in [0.3, 0.4) is 0 Å². The Morgan fingerprint density at radius 1 is 1.00 bits per heavy atom. The smallest absolute Gasteiger partial charge is 0.264 e. The van der Waals surface area contributed by atoms with Crippen LogP contribution >= 0.6 is 11.6 Å². The largest absolute Gasteiger partial charge is 0.497 e. The SMILES string of the molecule is COc1ccc(CCCNC(=O)CN(c2ccc(C)c(Cl)c2)S(=O)(=O)c2ccc(C)cc2)cc1. The maximum Gasteiger partial charge on any atom is 0.264 e. The Balaban J connectivity index is 1.71. The van der Waals surface area contributed by atoms with Crippen LogP contribution in [-0.4, -0.2) is 34.5 Å². The Labute approximate surface area is 206 Å². The summed E-state index contributed by atoms with van der Waals surface area (Å²) in [5.74, 6) is 0.408. The normalized spacial score (nSPS) is 11.2. The molecule has 6 nitrogen and oxygen atoms in total. The van der Waals surface area contributed by atoms with Crippen LogP contribution in [0.1, 0.15) is 23.1 Å². The molecule has 0 radical (unpaired) electrons. The minimum atomic E-state index is -3.97. The van der Waals surface area contributed by atoms with E-state index in [1.807, 2.05) is 38.1 Å². The van der Waals surface area contributed by atoms with Gasteiger partial charge in [0.2, 0.25) is 5.91 Å². The molecule has 0 saturated carbocycles. The number of halogens is 1. The van der Waals surface area contributed by atoms with Crippen LogP contribution in [0.25, 0.3) is 0 Å². The molecule has 0 unspecified atom stereocenters. The van der Waals surface area contributed by atoms with Gasteiger partial charge in [0.1, 0.15) is 12.3 Å². The molecule has 3 rings (SSSR count). The first-order valence-electron chi connectivity index (χ1n) is 11.0. The number of nitrogens with one attached hydrogen (secondary N) is 1. The highest BCUT2D eigenvalue weighted by Crippen LogP contribution is 2.28. The van der Waals surface area contributed by atoms with Gasteiger partial charge in [0.25, 0.3) is 10.0 Å². The summed E-state index contributed by atoms with van der Waals surface area (Å²) in [6, 6.07) is 19.3. The van der Waals surface area contributed by atoms with Crippen molar-refractivity contribution in [3.63, 3.8) is 0 Å². The number of hydrogen-bond acceptors (Lipinski definition) is 4. The Hall–Kier alpha value is -3.03. The summed E-state index contributed by atoms with van der Waals surface area (Å²) in [7, 11) is -2.35. The van der Waals surface area contributed by atoms with Gasteiger partial charge in [-0.15, -0.1) is 0 Å². The van der Waals surface area contributed by atoms with E-state index in [1.54, 1.807) is 49.6 Å². The standard InChI is InChI=1S/C26H29ClN2O4S/c1-19-6-14-24(15-7-19)34(31,32)29(22-11-8-20(2)25(27)17-22)18-26(30)28-16-4-5-21-9-12-23(33-3)13-10-21/h6-15,17H,4-5,16,18H2,1-3H3,(H,28,30). The molecule has 180 valence electrons. The lowest BCUT2D eigenvalue weighted by Gasteiger charge is -2.24. The van der Waals surface area contributed by atoms with Gasteiger partial charge in [0.15, 0.2) is 0 Å². The van der Waals surface area contributed by atoms with Gasteiger partial charge in [0.05, 0.1) is 17.7 Å². The minimum absolute atomic E-state index is 0.113. The number of carbonyl (C=O) groups excluding carboxylic acids is 1. The Morgan fingerprint density at radius 2 is 1.68 bits per heavy atom. The zero-order valence-corrected chi connectivity index (χ0v) is 21.1. The molecular formula is C26H29ClN2O4S. The molecule has 1 amide bonds. The number of hydrogen-bond donors (Lipinski definition) is 1. The zero-order valence-electron chi connectivity index (χ0n) is 19.5. The lowest BCUT2D eigenvalue weighted by atomic mass is 10.1. The maximum atomic E-state index is 13.4. The third kappa shape index (κ3) is 6.52. The van der Waals surface area contributed by atoms with Gasteiger partial charge < -0.3 is 10.1 Å². The zero-order chi connectivity index (χ0) is 24.7. The number of anilines is 1. The van der Waals surface area contributed by atoms with Gasteiger partial charge in [-0.25, -0.2) is 8.42 Å². The van der Waals surface area contributed by atoms with E-state index in [1.165, 1.54) is 0 Å². The average Bonchev–Trinajstić information content (AvgIpc) is 2.82. The molecule has 0 atom stereocenters. The summed E-state index contributed by atoms with van der Waals surface area (Å²) in [6.45, 7) is 3.80. The van der Waals surface area contributed by atoms with E-state index >= 15 is 0 Å². The van der Waals surface area contributed by atoms with Crippen molar-refractivity contribution < 1.29 is 17.9 Å². The third-order valence-corrected chi connectivity index (χ3v) is 7.66. The molecule has 0 aliphatic heterocycles. The summed E-state index contributed by atoms with van der Waals surface area (Å²) in [5.41, 5.74) is 3.23. The van der Waals surface area contributed by atoms with Gasteiger partial charge >= 0.3 is 0 Å². The lowest BCUT2D eigenvalue weighted by molar-refractivity contribution is -0.119. The van der Waals surface area contributed by atoms with E-state index in [4.69, 9.17) is 16.3 Å². The fourth-order valence-corrected chi connectivity index (χ4v) is 4.98. The molecule has 3 aromatic carbocycles. The van der Waals surface area contributed by atoms with Crippen molar-refractivity contribution in [3.05, 3.63) is 88.4 Å². The van der Waals surface area contributed by atoms with Crippen LogP contribution in [0.2, 0.25) is 5.02 Å². The van der Waals surface area contributed by atoms with Crippen LogP contribution in [0.5, 0.6) is 5.75 Å². The molecule has 0 heterocycles. The molecule has 0 aliphatic rings. The maximum absolute atomic E-state index is 13.4. The number of nitrogens with zero attached hydrogens (tertiary/aromatic N) is 1. The van der Waals surface area contributed by atoms with Crippen molar-refractivity contribution in [2.45, 2.75) is 31.6 Å². The van der Waals surface area contributed by atoms with Crippen LogP contribution in [0.4, 0.5) is 5.69 Å². The number of rotatable bonds is 10. The van der Waals surface area contributed by atoms with Gasteiger partial charge in [-0.05, 0) is 74.2 Å². The second kappa shape index (κ2) is 11.4. The van der Waals surface area contributed by atoms with Gasteiger partial charge in [-0.2, -0.15) is 0 Å². The van der Waals surface area contributed by atoms with Crippen molar-refractivity contribution in [1.29, 1.82) is 0 Å². The number of carbonyl (C=O) groups is 1. The van der Waals surface area contributed by atoms with Crippen LogP contribution in [-0.2, 0) is 21.2 Å². The Bertz CT molecular complexity index is 1230. The van der Waals surface area contributed by atoms with Gasteiger partial charge in [-0.1, -0.05) is 47.5 Å². The summed E-state index contributed by atoms with van der Waals surface area (Å²) >= 11 is 6.26. The topological polar surface area (TPSA) is 75.7 Å². The molecule has 34 heavy (non-hydrogen) atoms. The first kappa shape index (κ1) is 25.6. The second-order valence-electron chi connectivity index (χ2n) is 8.06. The van der Waals surface area contributed by atoms with Crippen molar-refractivity contribution in [2.24, 2.45) is 0 Å². The van der Waals surface area contributed by atoms with E-state index in [-0.39, 0.29) is 17.3 Å². The first-order valence-corrected chi connectivity index (χ1v) is 12.8. The summed E-state index contributed by atoms with van der Waals surface area (Å²) in [4.78, 5) is 12.9. The monoisotopic (exact) mass is 500 g/mol. The average molecular weight is 501 g/mol. The van der Waals surface area contributed by atoms with Crippen molar-refractivity contribution in [1.82, 2.24) is 5.32 Å². The highest BCUT2D eigenvalue weighted by molar-refractivity contribution is 7.92. The van der Waals surface area contributed by atoms with E-state index in [2.05, 4.69) is 5.32 Å². The van der Waals surface area contributed by atoms with E-state index in [0.29, 0.717) is 17.3 Å². The number of aryl methyl sites for hydroxylation is 3. The predicted octanol–water partition coefficient (Wildman–Crippen LogP) is 4.91. The molecule has 0 fully saturated rings. The second-order valence-corrected chi connectivity index (χ2v) is 10.3. The summed E-state index contributed by atoms with van der Waals surface area (Å²) in [5, 5.41) is 3.26. The fourth-order valence-electron chi connectivity index (χ4n) is 3.39. The molecule has 8 heteroatoms. The van der Waals surface area contributed by atoms with Crippen molar-refractivity contribution >= 4 is 33.2 Å². The first-order chi connectivity index (χ1) is 16.2. The molecule has 0 aromatic heterocycles. The molecule has 0 bridgehead atoms. The Morgan fingerprint density at radius 3 is 2.29 bits per heavy atom. The highest BCUT2D eigenvalue weighted by Gasteiger charge is 2.27. The van der Waals surface area contributed by atoms with E-state index in [9.17, 15) is 13.2 Å². The molecule has 0 spiro atoms. The minimum Gasteiger partial charge on any atom is -0.497 e. The fraction of sp³-hybridized carbons (Fsp3) is 0.269. The van der Waals surface area contributed by atoms with Crippen molar-refractivity contribution in [3.8, 4) is 5.75 Å². The molecule has 3 aromatic rings. The number of amides is 1. The van der Waals surface area contributed by atoms with Crippen LogP contribution in [0, 0.1) is 13.8 Å². The van der Waals surface area contributed by atoms with Gasteiger partial charge in [0, 0.05) is 11.6 Å². The number of sulfonamides is 1. The quantitative estimate of drug-likeness (QED) is 0.401. The Kier molecular flexibility index (Phi) is 8.58. The molecule has 1 N–H and O–H groups in total. The summed E-state index contributed by atoms with van der Waals surface area (Å²) in [6.07, 6.45) is 1.50.